The smallest absolute Gasteiger partial charge is 0.257 e. The predicted octanol–water partition coefficient (Wildman–Crippen LogP) is 6.30. The highest BCUT2D eigenvalue weighted by Gasteiger charge is 2.26. The second kappa shape index (κ2) is 17.0. The average Bonchev–Trinajstić information content (AvgIpc) is 3.13. The Morgan fingerprint density at radius 3 is 2.19 bits per heavy atom. The molecule has 1 aliphatic rings. The minimum Gasteiger partial charge on any atom is -0.344 e. The molecule has 48 heavy (non-hydrogen) atoms. The third kappa shape index (κ3) is 9.50. The van der Waals surface area contributed by atoms with E-state index in [0.717, 1.165) is 55.8 Å². The van der Waals surface area contributed by atoms with E-state index in [-0.39, 0.29) is 17.7 Å². The second-order valence-corrected chi connectivity index (χ2v) is 13.3. The molecule has 0 radical (unpaired) electrons. The lowest BCUT2D eigenvalue weighted by atomic mass is 10.0. The van der Waals surface area contributed by atoms with E-state index in [4.69, 9.17) is 9.97 Å². The van der Waals surface area contributed by atoms with Crippen molar-refractivity contribution in [2.24, 2.45) is 5.92 Å². The number of carbonyl (C=O) groups is 2. The molecule has 0 bridgehead atoms. The van der Waals surface area contributed by atoms with Gasteiger partial charge in [0.05, 0.1) is 11.3 Å². The fourth-order valence-corrected chi connectivity index (χ4v) is 6.19. The van der Waals surface area contributed by atoms with Crippen molar-refractivity contribution in [1.82, 2.24) is 19.8 Å². The number of hydrogen-bond donors (Lipinski definition) is 0. The maximum Gasteiger partial charge on any atom is 0.257 e. The Kier molecular flexibility index (Phi) is 12.3. The van der Waals surface area contributed by atoms with E-state index in [1.807, 2.05) is 65.4 Å². The summed E-state index contributed by atoms with van der Waals surface area (Å²) in [7, 11) is 4.09. The van der Waals surface area contributed by atoms with Gasteiger partial charge in [-0.25, -0.2) is 9.97 Å². The second-order valence-electron chi connectivity index (χ2n) is 13.3. The van der Waals surface area contributed by atoms with Crippen LogP contribution < -0.4 is 9.80 Å². The Bertz CT molecular complexity index is 1630. The molecule has 4 aromatic rings. The van der Waals surface area contributed by atoms with Crippen molar-refractivity contribution >= 4 is 23.5 Å². The summed E-state index contributed by atoms with van der Waals surface area (Å²) in [5.74, 6) is 0.922. The van der Waals surface area contributed by atoms with Crippen molar-refractivity contribution in [2.75, 3.05) is 56.6 Å². The van der Waals surface area contributed by atoms with Crippen LogP contribution in [0.3, 0.4) is 0 Å². The number of hydrogen-bond acceptors (Lipinski definition) is 6. The van der Waals surface area contributed by atoms with Crippen LogP contribution in [0, 0.1) is 5.92 Å². The van der Waals surface area contributed by atoms with Gasteiger partial charge in [0, 0.05) is 58.1 Å². The molecule has 2 heterocycles. The van der Waals surface area contributed by atoms with Crippen LogP contribution in [-0.2, 0) is 30.6 Å². The zero-order valence-electron chi connectivity index (χ0n) is 29.0. The molecule has 2 amide bonds. The maximum absolute atomic E-state index is 14.6. The lowest BCUT2D eigenvalue weighted by Gasteiger charge is -2.29. The van der Waals surface area contributed by atoms with Gasteiger partial charge in [-0.05, 0) is 68.0 Å². The number of aromatic nitrogens is 2. The molecule has 0 N–H and O–H groups in total. The normalized spacial score (nSPS) is 14.4. The van der Waals surface area contributed by atoms with Crippen molar-refractivity contribution in [3.05, 3.63) is 119 Å². The molecule has 252 valence electrons. The summed E-state index contributed by atoms with van der Waals surface area (Å²) in [5.41, 5.74) is 5.61. The molecule has 1 aromatic heterocycles. The lowest BCUT2D eigenvalue weighted by Crippen LogP contribution is -2.38. The van der Waals surface area contributed by atoms with Crippen LogP contribution in [0.1, 0.15) is 59.4 Å². The highest BCUT2D eigenvalue weighted by Crippen LogP contribution is 2.26. The van der Waals surface area contributed by atoms with Crippen LogP contribution in [-0.4, -0.2) is 78.4 Å². The predicted molar refractivity (Wildman–Crippen MR) is 194 cm³/mol. The molecular formula is C40H50N6O2. The van der Waals surface area contributed by atoms with Crippen LogP contribution in [0.25, 0.3) is 0 Å². The number of anilines is 2. The van der Waals surface area contributed by atoms with Gasteiger partial charge in [0.2, 0.25) is 11.9 Å². The zero-order chi connectivity index (χ0) is 33.9. The van der Waals surface area contributed by atoms with Crippen LogP contribution in [0.2, 0.25) is 0 Å². The van der Waals surface area contributed by atoms with E-state index in [1.165, 1.54) is 11.1 Å². The molecule has 0 unspecified atom stereocenters. The number of para-hydroxylation sites is 1. The molecule has 0 fully saturated rings. The lowest BCUT2D eigenvalue weighted by molar-refractivity contribution is -0.119. The van der Waals surface area contributed by atoms with Crippen molar-refractivity contribution in [1.29, 1.82) is 0 Å². The number of benzene rings is 3. The van der Waals surface area contributed by atoms with E-state index in [1.54, 1.807) is 6.20 Å². The average molecular weight is 647 g/mol. The molecule has 1 aliphatic heterocycles. The first-order chi connectivity index (χ1) is 23.3. The van der Waals surface area contributed by atoms with Crippen molar-refractivity contribution in [3.63, 3.8) is 0 Å². The molecule has 0 atom stereocenters. The minimum atomic E-state index is -0.0842. The van der Waals surface area contributed by atoms with Crippen LogP contribution in [0.15, 0.2) is 91.1 Å². The number of nitrogens with zero attached hydrogens (tertiary/aromatic N) is 6. The first-order valence-corrected chi connectivity index (χ1v) is 17.3. The van der Waals surface area contributed by atoms with Crippen LogP contribution in [0.4, 0.5) is 11.6 Å². The topological polar surface area (TPSA) is 72.9 Å². The fourth-order valence-electron chi connectivity index (χ4n) is 6.19. The molecule has 5 rings (SSSR count). The first-order valence-electron chi connectivity index (χ1n) is 17.3. The molecule has 0 saturated carbocycles. The van der Waals surface area contributed by atoms with Crippen LogP contribution >= 0.6 is 0 Å². The Labute approximate surface area is 286 Å². The summed E-state index contributed by atoms with van der Waals surface area (Å²) in [5, 5.41) is 0. The highest BCUT2D eigenvalue weighted by atomic mass is 16.2. The maximum atomic E-state index is 14.6. The van der Waals surface area contributed by atoms with Crippen molar-refractivity contribution in [3.8, 4) is 0 Å². The Morgan fingerprint density at radius 2 is 1.48 bits per heavy atom. The molecular weight excluding hydrogens is 596 g/mol. The van der Waals surface area contributed by atoms with Crippen LogP contribution in [0.5, 0.6) is 0 Å². The summed E-state index contributed by atoms with van der Waals surface area (Å²) >= 11 is 0. The summed E-state index contributed by atoms with van der Waals surface area (Å²) < 4.78 is 0. The Hall–Kier alpha value is -4.56. The van der Waals surface area contributed by atoms with Crippen molar-refractivity contribution in [2.45, 2.75) is 52.5 Å². The van der Waals surface area contributed by atoms with Gasteiger partial charge in [-0.2, -0.15) is 0 Å². The van der Waals surface area contributed by atoms with E-state index in [2.05, 4.69) is 67.1 Å². The summed E-state index contributed by atoms with van der Waals surface area (Å²) in [6, 6.07) is 28.8. The zero-order valence-corrected chi connectivity index (χ0v) is 29.0. The molecule has 8 heteroatoms. The van der Waals surface area contributed by atoms with Gasteiger partial charge < -0.3 is 19.6 Å². The number of likely N-dealkylation sites (N-methyl/N-ethyl adjacent to an activating group) is 2. The number of carbonyl (C=O) groups excluding carboxylic acids is 2. The summed E-state index contributed by atoms with van der Waals surface area (Å²) in [4.78, 5) is 46.0. The van der Waals surface area contributed by atoms with Gasteiger partial charge in [0.25, 0.3) is 5.91 Å². The number of fused-ring (bicyclic) bond motifs is 1. The van der Waals surface area contributed by atoms with Gasteiger partial charge in [-0.15, -0.1) is 0 Å². The number of aryl methyl sites for hydroxylation is 2. The van der Waals surface area contributed by atoms with Gasteiger partial charge in [0.15, 0.2) is 0 Å². The van der Waals surface area contributed by atoms with E-state index >= 15 is 0 Å². The third-order valence-electron chi connectivity index (χ3n) is 8.99. The molecule has 8 nitrogen and oxygen atoms in total. The highest BCUT2D eigenvalue weighted by molar-refractivity contribution is 5.96. The van der Waals surface area contributed by atoms with Gasteiger partial charge in [0.1, 0.15) is 0 Å². The Balaban J connectivity index is 1.45. The standard InChI is InChI=1S/C40H50N6O2/c1-31(2)28-38(47)46-24-13-23-43(3)26-27-45(30-34-18-11-12-19-37(34)46)39(48)35-29-41-40(44(4)25-22-33-16-9-6-10-17-33)42-36(35)21-20-32-14-7-5-8-15-32/h5-12,14-19,29,31H,13,20-28,30H2,1-4H3. The van der Waals surface area contributed by atoms with E-state index < -0.39 is 0 Å². The van der Waals surface area contributed by atoms with E-state index in [9.17, 15) is 9.59 Å². The Morgan fingerprint density at radius 1 is 0.812 bits per heavy atom. The molecule has 0 saturated heterocycles. The molecule has 0 aliphatic carbocycles. The largest absolute Gasteiger partial charge is 0.344 e. The third-order valence-corrected chi connectivity index (χ3v) is 8.99. The van der Waals surface area contributed by atoms with Gasteiger partial charge >= 0.3 is 0 Å². The SMILES string of the molecule is CC(C)CC(=O)N1CCCN(C)CCN(C(=O)c2cnc(N(C)CCc3ccccc3)nc2CCc2ccccc2)Cc2ccccc21. The number of amides is 2. The molecule has 0 spiro atoms. The van der Waals surface area contributed by atoms with E-state index in [0.29, 0.717) is 44.0 Å². The monoisotopic (exact) mass is 646 g/mol. The first kappa shape index (κ1) is 34.8. The summed E-state index contributed by atoms with van der Waals surface area (Å²) in [6.07, 6.45) is 5.33. The van der Waals surface area contributed by atoms with Gasteiger partial charge in [-0.1, -0.05) is 92.7 Å². The minimum absolute atomic E-state index is 0.0842. The summed E-state index contributed by atoms with van der Waals surface area (Å²) in [6.45, 7) is 8.08. The van der Waals surface area contributed by atoms with Crippen molar-refractivity contribution < 1.29 is 9.59 Å². The van der Waals surface area contributed by atoms with Gasteiger partial charge in [-0.3, -0.25) is 9.59 Å². The quantitative estimate of drug-likeness (QED) is 0.202. The molecule has 3 aromatic carbocycles. The number of rotatable bonds is 10. The fraction of sp³-hybridized carbons (Fsp3) is 0.400.